The Morgan fingerprint density at radius 1 is 0.878 bits per heavy atom. The van der Waals surface area contributed by atoms with Gasteiger partial charge in [-0.25, -0.2) is 8.78 Å². The van der Waals surface area contributed by atoms with Gasteiger partial charge in [0, 0.05) is 22.8 Å². The Morgan fingerprint density at radius 2 is 1.56 bits per heavy atom. The second-order valence-electron chi connectivity index (χ2n) is 9.94. The molecule has 0 fully saturated rings. The number of methoxy groups -OCH3 is 2. The van der Waals surface area contributed by atoms with Crippen molar-refractivity contribution in [2.24, 2.45) is 0 Å². The van der Waals surface area contributed by atoms with Crippen molar-refractivity contribution in [2.75, 3.05) is 20.8 Å². The molecule has 0 bridgehead atoms. The van der Waals surface area contributed by atoms with Crippen molar-refractivity contribution in [3.63, 3.8) is 0 Å². The maximum atomic E-state index is 13.6. The molecule has 2 heterocycles. The summed E-state index contributed by atoms with van der Waals surface area (Å²) in [7, 11) is 3.17. The molecule has 2 unspecified atom stereocenters. The van der Waals surface area contributed by atoms with Gasteiger partial charge in [-0.1, -0.05) is 30.3 Å². The number of allylic oxidation sites excluding steroid dienone is 2. The number of ketones is 2. The third kappa shape index (κ3) is 5.71. The number of halogens is 2. The molecule has 6 rings (SSSR count). The molecule has 3 aromatic rings. The molecule has 2 atom stereocenters. The first kappa shape index (κ1) is 28.4. The van der Waals surface area contributed by atoms with Crippen LogP contribution < -0.4 is 9.47 Å². The molecule has 6 nitrogen and oxygen atoms in total. The number of ether oxygens (including phenoxy) is 4. The van der Waals surface area contributed by atoms with Gasteiger partial charge in [0.1, 0.15) is 29.2 Å². The van der Waals surface area contributed by atoms with Gasteiger partial charge in [0.25, 0.3) is 0 Å². The minimum atomic E-state index is -0.761. The maximum absolute atomic E-state index is 13.6. The first-order chi connectivity index (χ1) is 19.8. The lowest BCUT2D eigenvalue weighted by Crippen LogP contribution is -2.33. The smallest absolute Gasteiger partial charge is 0.232 e. The molecule has 0 aromatic heterocycles. The molecule has 212 valence electrons. The molecule has 0 radical (unpaired) electrons. The molecule has 0 saturated heterocycles. The largest absolute Gasteiger partial charge is 0.496 e. The lowest BCUT2D eigenvalue weighted by atomic mass is 9.76. The standard InChI is InChI=1S/C27H25FO6.C6H5F/c1-14-10-18-19(24-17-8-9-33-13-20(17)22(31-2)12-23(24)32-3)11-21(29)26(30)25(18)27(34-14)15-4-6-16(28)7-5-15;7-6-4-2-1-3-5-6/h4-7,11-12,14,27H,8-10,13H2,1-3H3;1-5H. The van der Waals surface area contributed by atoms with E-state index in [1.165, 1.54) is 30.3 Å². The van der Waals surface area contributed by atoms with Gasteiger partial charge in [-0.3, -0.25) is 9.59 Å². The molecule has 1 aliphatic carbocycles. The van der Waals surface area contributed by atoms with Crippen LogP contribution in [-0.2, 0) is 32.1 Å². The molecule has 0 N–H and O–H groups in total. The van der Waals surface area contributed by atoms with Gasteiger partial charge in [-0.05, 0) is 72.4 Å². The van der Waals surface area contributed by atoms with Crippen LogP contribution in [0.5, 0.6) is 11.5 Å². The summed E-state index contributed by atoms with van der Waals surface area (Å²) in [5.74, 6) is -0.543. The number of fused-ring (bicyclic) bond motifs is 1. The van der Waals surface area contributed by atoms with Crippen molar-refractivity contribution in [3.05, 3.63) is 112 Å². The Morgan fingerprint density at radius 3 is 2.20 bits per heavy atom. The van der Waals surface area contributed by atoms with Crippen molar-refractivity contribution < 1.29 is 37.3 Å². The van der Waals surface area contributed by atoms with Crippen molar-refractivity contribution in [1.29, 1.82) is 0 Å². The summed E-state index contributed by atoms with van der Waals surface area (Å²) in [5.41, 5.74) is 5.04. The summed E-state index contributed by atoms with van der Waals surface area (Å²) < 4.78 is 48.6. The second kappa shape index (κ2) is 12.2. The number of rotatable bonds is 4. The van der Waals surface area contributed by atoms with Crippen LogP contribution in [0, 0.1) is 11.6 Å². The van der Waals surface area contributed by atoms with E-state index in [1.807, 2.05) is 6.92 Å². The summed E-state index contributed by atoms with van der Waals surface area (Å²) in [4.78, 5) is 26.1. The van der Waals surface area contributed by atoms with E-state index in [-0.39, 0.29) is 17.7 Å². The van der Waals surface area contributed by atoms with Crippen molar-refractivity contribution in [1.82, 2.24) is 0 Å². The average molecular weight is 561 g/mol. The summed E-state index contributed by atoms with van der Waals surface area (Å²) in [6.07, 6.45) is 1.51. The average Bonchev–Trinajstić information content (AvgIpc) is 2.99. The van der Waals surface area contributed by atoms with Crippen LogP contribution in [0.15, 0.2) is 77.9 Å². The van der Waals surface area contributed by atoms with Crippen LogP contribution >= 0.6 is 0 Å². The quantitative estimate of drug-likeness (QED) is 0.283. The van der Waals surface area contributed by atoms with E-state index in [0.717, 1.165) is 22.3 Å². The predicted molar refractivity (Wildman–Crippen MR) is 149 cm³/mol. The van der Waals surface area contributed by atoms with Gasteiger partial charge < -0.3 is 18.9 Å². The fraction of sp³-hybridized carbons (Fsp3) is 0.273. The highest BCUT2D eigenvalue weighted by atomic mass is 19.1. The lowest BCUT2D eigenvalue weighted by molar-refractivity contribution is -0.133. The van der Waals surface area contributed by atoms with E-state index in [4.69, 9.17) is 18.9 Å². The third-order valence-corrected chi connectivity index (χ3v) is 7.35. The van der Waals surface area contributed by atoms with E-state index < -0.39 is 17.7 Å². The van der Waals surface area contributed by atoms with Crippen LogP contribution in [0.4, 0.5) is 8.78 Å². The van der Waals surface area contributed by atoms with Gasteiger partial charge in [-0.15, -0.1) is 0 Å². The van der Waals surface area contributed by atoms with Crippen molar-refractivity contribution >= 4 is 17.1 Å². The highest BCUT2D eigenvalue weighted by Gasteiger charge is 2.41. The van der Waals surface area contributed by atoms with Gasteiger partial charge in [0.2, 0.25) is 11.6 Å². The monoisotopic (exact) mass is 560 g/mol. The second-order valence-corrected chi connectivity index (χ2v) is 9.94. The fourth-order valence-electron chi connectivity index (χ4n) is 5.50. The Kier molecular flexibility index (Phi) is 8.42. The molecule has 41 heavy (non-hydrogen) atoms. The summed E-state index contributed by atoms with van der Waals surface area (Å²) in [6, 6.07) is 15.6. The van der Waals surface area contributed by atoms with Crippen molar-refractivity contribution in [3.8, 4) is 11.5 Å². The molecule has 3 aliphatic rings. The summed E-state index contributed by atoms with van der Waals surface area (Å²) >= 11 is 0. The van der Waals surface area contributed by atoms with E-state index in [1.54, 1.807) is 50.6 Å². The minimum Gasteiger partial charge on any atom is -0.496 e. The number of hydrogen-bond acceptors (Lipinski definition) is 6. The van der Waals surface area contributed by atoms with E-state index in [2.05, 4.69) is 0 Å². The Balaban J connectivity index is 0.000000423. The number of hydrogen-bond donors (Lipinski definition) is 0. The van der Waals surface area contributed by atoms with Gasteiger partial charge in [0.15, 0.2) is 0 Å². The van der Waals surface area contributed by atoms with Crippen LogP contribution in [0.2, 0.25) is 0 Å². The predicted octanol–water partition coefficient (Wildman–Crippen LogP) is 6.12. The summed E-state index contributed by atoms with van der Waals surface area (Å²) in [6.45, 7) is 2.84. The van der Waals surface area contributed by atoms with Gasteiger partial charge >= 0.3 is 0 Å². The minimum absolute atomic E-state index is 0.178. The Hall–Kier alpha value is -4.14. The van der Waals surface area contributed by atoms with Crippen LogP contribution in [0.25, 0.3) is 5.57 Å². The third-order valence-electron chi connectivity index (χ3n) is 7.35. The first-order valence-corrected chi connectivity index (χ1v) is 13.3. The molecule has 0 amide bonds. The van der Waals surface area contributed by atoms with Gasteiger partial charge in [0.05, 0.1) is 33.5 Å². The number of carbonyl (C=O) groups excluding carboxylic acids is 2. The molecule has 0 saturated carbocycles. The van der Waals surface area contributed by atoms with E-state index in [9.17, 15) is 18.4 Å². The number of Topliss-reactive ketones (excluding diaryl/α,β-unsaturated/α-hetero) is 1. The first-order valence-electron chi connectivity index (χ1n) is 13.3. The SMILES string of the molecule is COc1cc(OC)c(C2=CC(=O)C(=O)C3=C2CC(C)OC3c2ccc(F)cc2)c2c1COCC2.Fc1ccccc1. The zero-order chi connectivity index (χ0) is 29.1. The van der Waals surface area contributed by atoms with Crippen LogP contribution in [-0.4, -0.2) is 38.5 Å². The number of carbonyl (C=O) groups is 2. The molecule has 3 aromatic carbocycles. The molecule has 2 aliphatic heterocycles. The topological polar surface area (TPSA) is 71.1 Å². The fourth-order valence-corrected chi connectivity index (χ4v) is 5.50. The maximum Gasteiger partial charge on any atom is 0.232 e. The zero-order valence-electron chi connectivity index (χ0n) is 23.0. The summed E-state index contributed by atoms with van der Waals surface area (Å²) in [5, 5.41) is 0. The highest BCUT2D eigenvalue weighted by molar-refractivity contribution is 6.50. The van der Waals surface area contributed by atoms with E-state index >= 15 is 0 Å². The highest BCUT2D eigenvalue weighted by Crippen LogP contribution is 2.49. The lowest BCUT2D eigenvalue weighted by Gasteiger charge is -2.36. The van der Waals surface area contributed by atoms with Gasteiger partial charge in [-0.2, -0.15) is 0 Å². The molecular weight excluding hydrogens is 530 g/mol. The van der Waals surface area contributed by atoms with Crippen molar-refractivity contribution in [2.45, 2.75) is 38.6 Å². The van der Waals surface area contributed by atoms with Crippen LogP contribution in [0.1, 0.15) is 41.7 Å². The molecule has 8 heteroatoms. The molecular formula is C33H30F2O6. The van der Waals surface area contributed by atoms with E-state index in [0.29, 0.717) is 54.3 Å². The Labute approximate surface area is 237 Å². The van der Waals surface area contributed by atoms with Crippen LogP contribution in [0.3, 0.4) is 0 Å². The normalized spacial score (nSPS) is 19.9. The molecule has 0 spiro atoms. The zero-order valence-corrected chi connectivity index (χ0v) is 23.0. The Bertz CT molecular complexity index is 1530. The number of benzene rings is 3.